The summed E-state index contributed by atoms with van der Waals surface area (Å²) in [5.74, 6) is -0.240. The predicted octanol–water partition coefficient (Wildman–Crippen LogP) is 3.99. The Balaban J connectivity index is 1.11. The molecule has 7 rings (SSSR count). The van der Waals surface area contributed by atoms with Crippen molar-refractivity contribution in [3.63, 3.8) is 0 Å². The van der Waals surface area contributed by atoms with Crippen LogP contribution in [0.2, 0.25) is 0 Å². The maximum absolute atomic E-state index is 12.6. The van der Waals surface area contributed by atoms with E-state index >= 15 is 0 Å². The number of carboxylic acid groups (broad SMARTS) is 1. The van der Waals surface area contributed by atoms with Crippen molar-refractivity contribution in [3.8, 4) is 0 Å². The molecule has 0 aromatic heterocycles. The number of esters is 1. The van der Waals surface area contributed by atoms with Crippen molar-refractivity contribution < 1.29 is 49.0 Å². The molecule has 50 heavy (non-hydrogen) atoms. The van der Waals surface area contributed by atoms with Crippen LogP contribution >= 0.6 is 0 Å². The van der Waals surface area contributed by atoms with Gasteiger partial charge in [0, 0.05) is 18.9 Å². The lowest BCUT2D eigenvalue weighted by Crippen LogP contribution is -2.60. The van der Waals surface area contributed by atoms with Crippen molar-refractivity contribution in [1.82, 2.24) is 4.90 Å². The van der Waals surface area contributed by atoms with E-state index in [2.05, 4.69) is 34.6 Å². The number of nitrogens with zero attached hydrogens (tertiary/aromatic N) is 1. The molecule has 5 aliphatic carbocycles. The lowest BCUT2D eigenvalue weighted by molar-refractivity contribution is -0.251. The predicted molar refractivity (Wildman–Crippen MR) is 183 cm³/mol. The summed E-state index contributed by atoms with van der Waals surface area (Å²) in [5.41, 5.74) is -1.47. The second kappa shape index (κ2) is 12.1. The number of fused-ring (bicyclic) bond motifs is 4. The average Bonchev–Trinajstić information content (AvgIpc) is 3.65. The molecule has 0 aromatic rings. The summed E-state index contributed by atoms with van der Waals surface area (Å²) in [6.45, 7) is 17.1. The Bertz CT molecular complexity index is 1350. The monoisotopic (exact) mass is 705 g/mol. The van der Waals surface area contributed by atoms with Gasteiger partial charge in [-0.3, -0.25) is 14.5 Å². The van der Waals surface area contributed by atoms with E-state index in [0.717, 1.165) is 38.5 Å². The third-order valence-electron chi connectivity index (χ3n) is 16.4. The minimum absolute atomic E-state index is 0.0220. The Morgan fingerprint density at radius 2 is 1.72 bits per heavy atom. The fourth-order valence-corrected chi connectivity index (χ4v) is 14.1. The summed E-state index contributed by atoms with van der Waals surface area (Å²) < 4.78 is 25.3. The van der Waals surface area contributed by atoms with Crippen LogP contribution in [0.15, 0.2) is 0 Å². The number of carbonyl (C=O) groups is 2. The van der Waals surface area contributed by atoms with Gasteiger partial charge in [-0.15, -0.1) is 0 Å². The van der Waals surface area contributed by atoms with Gasteiger partial charge in [0.25, 0.3) is 0 Å². The standard InChI is InChI=1S/C39H63NO10/c1-21-17-24(32(35(5,6)46)48-22(2)42)49-30-29(21)36(7)13-14-39-20-38(39)12-11-27(50-28-18-40(15-16-47-28)23(19-41)33(44)45)34(3,4)25(38)9-10-26(39)37(36,8)31(30)43/h21,23-32,41,43,46H,9-20H2,1-8H3,(H,44,45)/t21-,23?,24?,25+,26?,27+,28?,29+,30?,31+,32+,36?,37-,38?,39+/m1/s1. The Hall–Kier alpha value is -1.34. The molecule has 5 saturated carbocycles. The van der Waals surface area contributed by atoms with Crippen LogP contribution < -0.4 is 0 Å². The van der Waals surface area contributed by atoms with E-state index in [4.69, 9.17) is 18.9 Å². The number of aliphatic hydroxyl groups excluding tert-OH is 2. The number of carbonyl (C=O) groups excluding carboxylic acids is 1. The van der Waals surface area contributed by atoms with Gasteiger partial charge in [-0.25, -0.2) is 0 Å². The number of hydrogen-bond donors (Lipinski definition) is 4. The molecule has 0 amide bonds. The van der Waals surface area contributed by atoms with Crippen LogP contribution in [-0.2, 0) is 28.5 Å². The van der Waals surface area contributed by atoms with Crippen molar-refractivity contribution >= 4 is 11.9 Å². The van der Waals surface area contributed by atoms with Gasteiger partial charge in [0.05, 0.1) is 49.8 Å². The maximum atomic E-state index is 12.6. The van der Waals surface area contributed by atoms with E-state index in [1.54, 1.807) is 18.7 Å². The first-order valence-electron chi connectivity index (χ1n) is 19.4. The molecule has 7 fully saturated rings. The lowest BCUT2D eigenvalue weighted by atomic mass is 9.41. The van der Waals surface area contributed by atoms with Gasteiger partial charge >= 0.3 is 11.9 Å². The second-order valence-corrected chi connectivity index (χ2v) is 19.2. The summed E-state index contributed by atoms with van der Waals surface area (Å²) in [6.07, 6.45) is 5.26. The first-order valence-corrected chi connectivity index (χ1v) is 19.4. The van der Waals surface area contributed by atoms with Crippen LogP contribution in [0.3, 0.4) is 0 Å². The quantitative estimate of drug-likeness (QED) is 0.271. The minimum atomic E-state index is -1.28. The van der Waals surface area contributed by atoms with Crippen LogP contribution in [0.1, 0.15) is 107 Å². The van der Waals surface area contributed by atoms with E-state index in [1.165, 1.54) is 13.3 Å². The highest BCUT2D eigenvalue weighted by Crippen LogP contribution is 2.89. The molecule has 2 aliphatic heterocycles. The Morgan fingerprint density at radius 1 is 1.04 bits per heavy atom. The van der Waals surface area contributed by atoms with Crippen LogP contribution in [0.25, 0.3) is 0 Å². The van der Waals surface area contributed by atoms with Gasteiger partial charge in [0.15, 0.2) is 12.4 Å². The molecular weight excluding hydrogens is 642 g/mol. The molecule has 15 atom stereocenters. The van der Waals surface area contributed by atoms with Crippen LogP contribution in [0.4, 0.5) is 0 Å². The molecule has 2 spiro atoms. The lowest BCUT2D eigenvalue weighted by Gasteiger charge is -2.64. The largest absolute Gasteiger partial charge is 0.480 e. The van der Waals surface area contributed by atoms with Gasteiger partial charge in [0.2, 0.25) is 0 Å². The Labute approximate surface area is 297 Å². The number of carboxylic acids is 1. The van der Waals surface area contributed by atoms with Gasteiger partial charge in [-0.1, -0.05) is 34.6 Å². The van der Waals surface area contributed by atoms with E-state index in [0.29, 0.717) is 38.0 Å². The molecule has 7 unspecified atom stereocenters. The Morgan fingerprint density at radius 3 is 2.36 bits per heavy atom. The summed E-state index contributed by atoms with van der Waals surface area (Å²) in [7, 11) is 0. The fourth-order valence-electron chi connectivity index (χ4n) is 14.1. The zero-order valence-corrected chi connectivity index (χ0v) is 31.5. The average molecular weight is 706 g/mol. The van der Waals surface area contributed by atoms with Crippen molar-refractivity contribution in [1.29, 1.82) is 0 Å². The molecule has 11 heteroatoms. The maximum Gasteiger partial charge on any atom is 0.323 e. The normalized spacial score (nSPS) is 49.3. The second-order valence-electron chi connectivity index (χ2n) is 19.2. The van der Waals surface area contributed by atoms with Crippen molar-refractivity contribution in [2.24, 2.45) is 50.7 Å². The topological polar surface area (TPSA) is 155 Å². The van der Waals surface area contributed by atoms with Gasteiger partial charge in [-0.2, -0.15) is 0 Å². The van der Waals surface area contributed by atoms with Crippen LogP contribution in [0, 0.1) is 50.7 Å². The highest BCUT2D eigenvalue weighted by atomic mass is 16.7. The number of aliphatic carboxylic acids is 1. The fraction of sp³-hybridized carbons (Fsp3) is 0.949. The summed E-state index contributed by atoms with van der Waals surface area (Å²) in [6, 6.07) is -0.960. The molecule has 4 N–H and O–H groups in total. The number of ether oxygens (including phenoxy) is 4. The van der Waals surface area contributed by atoms with Gasteiger partial charge in [0.1, 0.15) is 6.04 Å². The molecule has 284 valence electrons. The van der Waals surface area contributed by atoms with Crippen molar-refractivity contribution in [3.05, 3.63) is 0 Å². The van der Waals surface area contributed by atoms with E-state index < -0.39 is 54.8 Å². The molecule has 11 nitrogen and oxygen atoms in total. The van der Waals surface area contributed by atoms with Crippen molar-refractivity contribution in [2.75, 3.05) is 26.3 Å². The summed E-state index contributed by atoms with van der Waals surface area (Å²) in [4.78, 5) is 25.6. The SMILES string of the molecule is CC(=O)O[C@@H](C1C[C@@H](C)[C@H]2C(O1)[C@H](O)[C@@]1(C)C3CC[C@H]4C(C)(C)[C@@H](OC5CN(C(CO)C(=O)O)CCO5)CCC45C[C@@]35CCC21C)C(C)(C)O. The molecule has 2 saturated heterocycles. The van der Waals surface area contributed by atoms with Crippen molar-refractivity contribution in [2.45, 2.75) is 155 Å². The van der Waals surface area contributed by atoms with E-state index in [9.17, 15) is 30.0 Å². The van der Waals surface area contributed by atoms with Gasteiger partial charge < -0.3 is 39.4 Å². The molecule has 0 radical (unpaired) electrons. The van der Waals surface area contributed by atoms with Crippen LogP contribution in [-0.4, -0.2) is 112 Å². The van der Waals surface area contributed by atoms with Crippen LogP contribution in [0.5, 0.6) is 0 Å². The minimum Gasteiger partial charge on any atom is -0.480 e. The summed E-state index contributed by atoms with van der Waals surface area (Å²) >= 11 is 0. The molecule has 0 bridgehead atoms. The van der Waals surface area contributed by atoms with Gasteiger partial charge in [-0.05, 0) is 111 Å². The molecule has 2 heterocycles. The highest BCUT2D eigenvalue weighted by molar-refractivity contribution is 5.73. The first kappa shape index (κ1) is 37.0. The number of hydrogen-bond acceptors (Lipinski definition) is 10. The Kier molecular flexibility index (Phi) is 8.94. The third-order valence-corrected chi connectivity index (χ3v) is 16.4. The summed E-state index contributed by atoms with van der Waals surface area (Å²) in [5, 5.41) is 42.9. The third kappa shape index (κ3) is 5.06. The number of aliphatic hydroxyl groups is 3. The smallest absolute Gasteiger partial charge is 0.323 e. The molecule has 0 aromatic carbocycles. The highest BCUT2D eigenvalue weighted by Gasteiger charge is 2.84. The zero-order chi connectivity index (χ0) is 36.4. The molecular formula is C39H63NO10. The zero-order valence-electron chi connectivity index (χ0n) is 31.5. The molecule has 7 aliphatic rings. The number of morpholine rings is 1. The number of rotatable bonds is 8. The first-order chi connectivity index (χ1) is 23.3. The van der Waals surface area contributed by atoms with E-state index in [-0.39, 0.29) is 51.1 Å². The van der Waals surface area contributed by atoms with E-state index in [1.807, 2.05) is 0 Å².